The molecule has 0 aliphatic rings. The fraction of sp³-hybridized carbons (Fsp3) is 0.944. The maximum Gasteiger partial charge on any atom is 0.460 e. The van der Waals surface area contributed by atoms with E-state index < -0.39 is 57.1 Å². The number of rotatable bonds is 11. The van der Waals surface area contributed by atoms with Gasteiger partial charge in [0.15, 0.2) is 21.7 Å². The van der Waals surface area contributed by atoms with Gasteiger partial charge >= 0.3 is 47.0 Å². The second-order valence-electron chi connectivity index (χ2n) is 8.92. The lowest BCUT2D eigenvalue weighted by Crippen LogP contribution is -2.75. The molecule has 0 radical (unpaired) electrons. The summed E-state index contributed by atoms with van der Waals surface area (Å²) in [6, 6.07) is 0. The average Bonchev–Trinajstić information content (AvgIpc) is 2.74. The summed E-state index contributed by atoms with van der Waals surface area (Å²) in [5, 5.41) is -7.95. The highest BCUT2D eigenvalue weighted by Gasteiger charge is 2.95. The fourth-order valence-electron chi connectivity index (χ4n) is 2.12. The van der Waals surface area contributed by atoms with Crippen LogP contribution in [-0.4, -0.2) is 83.0 Å². The summed E-state index contributed by atoms with van der Waals surface area (Å²) >= 11 is 0. The normalized spacial score (nSPS) is 15.5. The number of alkyl halides is 17. The van der Waals surface area contributed by atoms with Gasteiger partial charge in [-0.15, -0.1) is 0 Å². The molecule has 41 heavy (non-hydrogen) atoms. The van der Waals surface area contributed by atoms with Crippen LogP contribution in [0.5, 0.6) is 0 Å². The van der Waals surface area contributed by atoms with Gasteiger partial charge < -0.3 is 4.55 Å². The van der Waals surface area contributed by atoms with E-state index in [4.69, 9.17) is 0 Å². The molecule has 0 unspecified atom stereocenters. The molecule has 4 nitrogen and oxygen atoms in total. The van der Waals surface area contributed by atoms with Crippen LogP contribution < -0.4 is 0 Å². The van der Waals surface area contributed by atoms with Crippen LogP contribution in [0.2, 0.25) is 0 Å². The maximum absolute atomic E-state index is 13.0. The molecule has 0 spiro atoms. The van der Waals surface area contributed by atoms with Gasteiger partial charge in [-0.05, 0) is 24.7 Å². The molecule has 0 saturated heterocycles. The molecule has 0 N–H and O–H groups in total. The van der Waals surface area contributed by atoms with Crippen molar-refractivity contribution in [1.29, 1.82) is 0 Å². The van der Waals surface area contributed by atoms with E-state index in [1.165, 1.54) is 0 Å². The van der Waals surface area contributed by atoms with E-state index in [9.17, 15) is 92.4 Å². The summed E-state index contributed by atoms with van der Waals surface area (Å²) in [7, 11) is -7.81. The number of ketones is 1. The quantitative estimate of drug-likeness (QED) is 0.137. The van der Waals surface area contributed by atoms with Crippen molar-refractivity contribution in [3.8, 4) is 0 Å². The van der Waals surface area contributed by atoms with Gasteiger partial charge in [0, 0.05) is 5.41 Å². The molecule has 0 rings (SSSR count). The lowest BCUT2D eigenvalue weighted by molar-refractivity contribution is -0.458. The van der Waals surface area contributed by atoms with Gasteiger partial charge in [-0.2, -0.15) is 74.6 Å². The van der Waals surface area contributed by atoms with Gasteiger partial charge in [-0.3, -0.25) is 4.79 Å². The molecule has 0 bridgehead atoms. The number of halogens is 17. The van der Waals surface area contributed by atoms with Gasteiger partial charge in [-0.1, -0.05) is 20.8 Å². The highest BCUT2D eigenvalue weighted by Crippen LogP contribution is 2.64. The van der Waals surface area contributed by atoms with Crippen LogP contribution in [0.25, 0.3) is 0 Å². The van der Waals surface area contributed by atoms with Crippen LogP contribution in [0, 0.1) is 5.41 Å². The Hall–Kier alpha value is -1.26. The Morgan fingerprint density at radius 3 is 1.07 bits per heavy atom. The van der Waals surface area contributed by atoms with Crippen LogP contribution in [0.3, 0.4) is 0 Å². The van der Waals surface area contributed by atoms with E-state index in [2.05, 4.69) is 13.8 Å². The van der Waals surface area contributed by atoms with Crippen molar-refractivity contribution in [2.75, 3.05) is 17.3 Å². The zero-order chi connectivity index (χ0) is 34.3. The van der Waals surface area contributed by atoms with Gasteiger partial charge in [0.2, 0.25) is 0 Å². The number of Topliss-reactive ketones (excluding diaryl/α,β-unsaturated/α-hetero) is 1. The molecule has 23 heteroatoms. The summed E-state index contributed by atoms with van der Waals surface area (Å²) in [5.74, 6) is -48.6. The summed E-state index contributed by atoms with van der Waals surface area (Å²) in [5.41, 5.74) is -0.143. The number of carbonyl (C=O) groups excluding carboxylic acids is 1. The van der Waals surface area contributed by atoms with Crippen molar-refractivity contribution in [3.05, 3.63) is 0 Å². The zero-order valence-electron chi connectivity index (χ0n) is 21.0. The summed E-state index contributed by atoms with van der Waals surface area (Å²) < 4.78 is 244. The van der Waals surface area contributed by atoms with Crippen molar-refractivity contribution in [1.82, 2.24) is 0 Å². The van der Waals surface area contributed by atoms with E-state index in [1.54, 1.807) is 0 Å². The number of hydrogen-bond donors (Lipinski definition) is 0. The molecule has 0 aromatic carbocycles. The minimum absolute atomic E-state index is 0.143. The lowest BCUT2D eigenvalue weighted by atomic mass is 9.91. The molecule has 0 aromatic heterocycles. The summed E-state index contributed by atoms with van der Waals surface area (Å²) in [4.78, 5) is 11.6. The third-order valence-electron chi connectivity index (χ3n) is 5.00. The summed E-state index contributed by atoms with van der Waals surface area (Å²) in [6.07, 6.45) is -7.89. The van der Waals surface area contributed by atoms with E-state index in [-0.39, 0.29) is 5.41 Å². The van der Waals surface area contributed by atoms with Gasteiger partial charge in [-0.25, -0.2) is 8.42 Å². The Kier molecular flexibility index (Phi) is 12.3. The highest BCUT2D eigenvalue weighted by molar-refractivity contribution is 7.97. The Morgan fingerprint density at radius 2 is 0.854 bits per heavy atom. The SMILES string of the molecule is CC[S+](CC)CC(=O)C(C)(C)C.O=S(=O)([O-])C(F)(F)C(F)(F)C(F)(F)C(F)(F)C(F)(F)C(F)(F)C(F)(F)C(F)(F)F. The molecule has 0 fully saturated rings. The Bertz CT molecular complexity index is 1010. The first-order valence-electron chi connectivity index (χ1n) is 10.3. The zero-order valence-corrected chi connectivity index (χ0v) is 22.6. The van der Waals surface area contributed by atoms with Crippen molar-refractivity contribution >= 4 is 26.8 Å². The van der Waals surface area contributed by atoms with Crippen molar-refractivity contribution in [2.45, 2.75) is 81.6 Å². The van der Waals surface area contributed by atoms with E-state index in [0.717, 1.165) is 17.3 Å². The maximum atomic E-state index is 13.0. The van der Waals surface area contributed by atoms with Crippen molar-refractivity contribution in [2.24, 2.45) is 5.41 Å². The van der Waals surface area contributed by atoms with Gasteiger partial charge in [0.25, 0.3) is 0 Å². The molecule has 248 valence electrons. The smallest absolute Gasteiger partial charge is 0.460 e. The first kappa shape index (κ1) is 41.9. The molecular weight excluding hydrogens is 667 g/mol. The van der Waals surface area contributed by atoms with Crippen LogP contribution >= 0.6 is 0 Å². The molecule has 0 aliphatic heterocycles. The minimum Gasteiger partial charge on any atom is -0.743 e. The third-order valence-corrected chi connectivity index (χ3v) is 8.18. The molecule has 0 saturated carbocycles. The monoisotopic (exact) mass is 688 g/mol. The van der Waals surface area contributed by atoms with Gasteiger partial charge in [0.05, 0.1) is 0 Å². The van der Waals surface area contributed by atoms with Gasteiger partial charge in [0.1, 0.15) is 11.5 Å². The summed E-state index contributed by atoms with van der Waals surface area (Å²) in [6.45, 7) is 10.3. The Morgan fingerprint density at radius 1 is 0.585 bits per heavy atom. The van der Waals surface area contributed by atoms with E-state index in [1.807, 2.05) is 20.8 Å². The van der Waals surface area contributed by atoms with Crippen LogP contribution in [0.15, 0.2) is 0 Å². The molecular formula is C18H21F17O4S2. The van der Waals surface area contributed by atoms with E-state index >= 15 is 0 Å². The molecule has 0 atom stereocenters. The topological polar surface area (TPSA) is 74.3 Å². The van der Waals surface area contributed by atoms with Crippen molar-refractivity contribution < 1.29 is 92.4 Å². The minimum atomic E-state index is -8.92. The van der Waals surface area contributed by atoms with E-state index in [0.29, 0.717) is 16.7 Å². The second kappa shape index (κ2) is 12.0. The standard InChI is InChI=1S/C10H21OS.C8HF17O3S/c1-6-12(7-2)8-9(11)10(3,4)5;9-1(10,3(13,14)5(17,18)7(21,22)23)2(11,12)4(15,16)6(19,20)8(24,25)29(26,27)28/h6-8H2,1-5H3;(H,26,27,28)/q+1;/p-1. The van der Waals surface area contributed by atoms with Crippen LogP contribution in [0.1, 0.15) is 34.6 Å². The molecule has 0 amide bonds. The molecule has 0 heterocycles. The predicted molar refractivity (Wildman–Crippen MR) is 108 cm³/mol. The first-order valence-corrected chi connectivity index (χ1v) is 13.4. The number of hydrogen-bond acceptors (Lipinski definition) is 4. The second-order valence-corrected chi connectivity index (χ2v) is 13.0. The van der Waals surface area contributed by atoms with Crippen LogP contribution in [0.4, 0.5) is 74.6 Å². The Balaban J connectivity index is 0. The Labute approximate surface area is 224 Å². The van der Waals surface area contributed by atoms with Crippen LogP contribution in [-0.2, 0) is 25.8 Å². The molecule has 0 aromatic rings. The van der Waals surface area contributed by atoms with Crippen molar-refractivity contribution in [3.63, 3.8) is 0 Å². The lowest BCUT2D eigenvalue weighted by Gasteiger charge is -2.42. The predicted octanol–water partition coefficient (Wildman–Crippen LogP) is 6.76. The first-order chi connectivity index (χ1) is 17.4. The highest BCUT2D eigenvalue weighted by atomic mass is 32.2. The fourth-order valence-corrected chi connectivity index (χ4v) is 4.18. The average molecular weight is 688 g/mol. The number of carbonyl (C=O) groups is 1. The third kappa shape index (κ3) is 7.28. The largest absolute Gasteiger partial charge is 0.743 e. The molecule has 0 aliphatic carbocycles.